The first kappa shape index (κ1) is 16.2. The van der Waals surface area contributed by atoms with Crippen LogP contribution in [0.15, 0.2) is 36.7 Å². The van der Waals surface area contributed by atoms with Crippen LogP contribution >= 0.6 is 0 Å². The smallest absolute Gasteiger partial charge is 0.320 e. The summed E-state index contributed by atoms with van der Waals surface area (Å²) in [5.41, 5.74) is 8.53. The summed E-state index contributed by atoms with van der Waals surface area (Å²) in [4.78, 5) is 10.8. The largest absolute Gasteiger partial charge is 0.480 e. The summed E-state index contributed by atoms with van der Waals surface area (Å²) in [6, 6.07) is 6.86. The number of nitrogens with two attached hydrogens (primary N) is 1. The molecule has 0 aliphatic heterocycles. The van der Waals surface area contributed by atoms with Gasteiger partial charge in [-0.1, -0.05) is 24.3 Å². The minimum Gasteiger partial charge on any atom is -0.480 e. The Bertz CT molecular complexity index is 607. The second-order valence-electron chi connectivity index (χ2n) is 5.18. The van der Waals surface area contributed by atoms with E-state index in [1.54, 1.807) is 7.11 Å². The standard InChI is InChI=1S/C16H21N3O3/c1-22-8-2-7-19-11-14(10-18-19)13-5-3-12(4-6-13)9-15(17)16(20)21/h3-6,10-11,15H,2,7-9,17H2,1H3,(H,20,21)/t15-/m0/s1. The van der Waals surface area contributed by atoms with Gasteiger partial charge in [-0.3, -0.25) is 9.48 Å². The molecule has 0 spiro atoms. The lowest BCUT2D eigenvalue weighted by molar-refractivity contribution is -0.138. The van der Waals surface area contributed by atoms with E-state index in [-0.39, 0.29) is 0 Å². The fraction of sp³-hybridized carbons (Fsp3) is 0.375. The molecule has 1 aromatic carbocycles. The summed E-state index contributed by atoms with van der Waals surface area (Å²) in [7, 11) is 1.69. The van der Waals surface area contributed by atoms with Crippen molar-refractivity contribution in [2.45, 2.75) is 25.4 Å². The molecule has 1 heterocycles. The number of hydrogen-bond donors (Lipinski definition) is 2. The van der Waals surface area contributed by atoms with E-state index in [2.05, 4.69) is 5.10 Å². The average molecular weight is 303 g/mol. The lowest BCUT2D eigenvalue weighted by Crippen LogP contribution is -2.32. The van der Waals surface area contributed by atoms with Gasteiger partial charge >= 0.3 is 5.97 Å². The second kappa shape index (κ2) is 7.72. The Labute approximate surface area is 129 Å². The molecule has 3 N–H and O–H groups in total. The predicted molar refractivity (Wildman–Crippen MR) is 83.5 cm³/mol. The van der Waals surface area contributed by atoms with E-state index >= 15 is 0 Å². The number of aromatic nitrogens is 2. The maximum absolute atomic E-state index is 10.8. The van der Waals surface area contributed by atoms with E-state index in [4.69, 9.17) is 15.6 Å². The van der Waals surface area contributed by atoms with Crippen LogP contribution in [0.3, 0.4) is 0 Å². The van der Waals surface area contributed by atoms with Gasteiger partial charge in [0.25, 0.3) is 0 Å². The second-order valence-corrected chi connectivity index (χ2v) is 5.18. The predicted octanol–water partition coefficient (Wildman–Crippen LogP) is 1.54. The normalized spacial score (nSPS) is 12.3. The number of hydrogen-bond acceptors (Lipinski definition) is 4. The Morgan fingerprint density at radius 2 is 2.09 bits per heavy atom. The van der Waals surface area contributed by atoms with Gasteiger partial charge < -0.3 is 15.6 Å². The molecule has 22 heavy (non-hydrogen) atoms. The molecule has 0 bridgehead atoms. The highest BCUT2D eigenvalue weighted by Gasteiger charge is 2.12. The quantitative estimate of drug-likeness (QED) is 0.722. The van der Waals surface area contributed by atoms with Crippen LogP contribution in [0.2, 0.25) is 0 Å². The van der Waals surface area contributed by atoms with Crippen molar-refractivity contribution in [2.24, 2.45) is 5.73 Å². The van der Waals surface area contributed by atoms with Crippen LogP contribution in [0.25, 0.3) is 11.1 Å². The van der Waals surface area contributed by atoms with Crippen molar-refractivity contribution in [3.8, 4) is 11.1 Å². The fourth-order valence-electron chi connectivity index (χ4n) is 2.18. The van der Waals surface area contributed by atoms with Gasteiger partial charge in [0.2, 0.25) is 0 Å². The van der Waals surface area contributed by atoms with Gasteiger partial charge in [-0.25, -0.2) is 0 Å². The number of nitrogens with zero attached hydrogens (tertiary/aromatic N) is 2. The molecule has 0 unspecified atom stereocenters. The third-order valence-electron chi connectivity index (χ3n) is 3.43. The summed E-state index contributed by atoms with van der Waals surface area (Å²) in [6.07, 6.45) is 5.06. The summed E-state index contributed by atoms with van der Waals surface area (Å²) >= 11 is 0. The number of aliphatic carboxylic acids is 1. The van der Waals surface area contributed by atoms with E-state index in [0.717, 1.165) is 29.7 Å². The van der Waals surface area contributed by atoms with Crippen molar-refractivity contribution in [2.75, 3.05) is 13.7 Å². The molecule has 2 aromatic rings. The van der Waals surface area contributed by atoms with E-state index in [9.17, 15) is 4.79 Å². The molecule has 6 heteroatoms. The molecule has 0 saturated heterocycles. The highest BCUT2D eigenvalue weighted by atomic mass is 16.5. The zero-order valence-electron chi connectivity index (χ0n) is 12.6. The summed E-state index contributed by atoms with van der Waals surface area (Å²) < 4.78 is 6.91. The number of methoxy groups -OCH3 is 1. The number of benzene rings is 1. The summed E-state index contributed by atoms with van der Waals surface area (Å²) in [5.74, 6) is -0.985. The van der Waals surface area contributed by atoms with Gasteiger partial charge in [-0.2, -0.15) is 5.10 Å². The highest BCUT2D eigenvalue weighted by Crippen LogP contribution is 2.19. The summed E-state index contributed by atoms with van der Waals surface area (Å²) in [6.45, 7) is 1.53. The maximum Gasteiger partial charge on any atom is 0.320 e. The third-order valence-corrected chi connectivity index (χ3v) is 3.43. The van der Waals surface area contributed by atoms with Crippen molar-refractivity contribution < 1.29 is 14.6 Å². The SMILES string of the molecule is COCCCn1cc(-c2ccc(C[C@H](N)C(=O)O)cc2)cn1. The number of carbonyl (C=O) groups is 1. The maximum atomic E-state index is 10.8. The van der Waals surface area contributed by atoms with Crippen LogP contribution in [-0.4, -0.2) is 40.6 Å². The van der Waals surface area contributed by atoms with Crippen molar-refractivity contribution in [1.82, 2.24) is 9.78 Å². The first-order chi connectivity index (χ1) is 10.6. The van der Waals surface area contributed by atoms with Crippen molar-refractivity contribution >= 4 is 5.97 Å². The van der Waals surface area contributed by atoms with Crippen LogP contribution in [-0.2, 0) is 22.5 Å². The molecule has 0 aliphatic carbocycles. The van der Waals surface area contributed by atoms with E-state index in [1.807, 2.05) is 41.3 Å². The lowest BCUT2D eigenvalue weighted by atomic mass is 10.0. The minimum absolute atomic E-state index is 0.325. The average Bonchev–Trinajstić information content (AvgIpc) is 2.97. The van der Waals surface area contributed by atoms with Crippen LogP contribution in [0.4, 0.5) is 0 Å². The molecule has 118 valence electrons. The Morgan fingerprint density at radius 3 is 2.73 bits per heavy atom. The molecule has 0 amide bonds. The molecular weight excluding hydrogens is 282 g/mol. The Hall–Kier alpha value is -2.18. The van der Waals surface area contributed by atoms with Crippen molar-refractivity contribution in [3.63, 3.8) is 0 Å². The minimum atomic E-state index is -0.985. The molecule has 1 aromatic heterocycles. The van der Waals surface area contributed by atoms with Crippen molar-refractivity contribution in [1.29, 1.82) is 0 Å². The molecule has 6 nitrogen and oxygen atoms in total. The number of aryl methyl sites for hydroxylation is 1. The van der Waals surface area contributed by atoms with Crippen LogP contribution in [0.1, 0.15) is 12.0 Å². The molecule has 1 atom stereocenters. The lowest BCUT2D eigenvalue weighted by Gasteiger charge is -2.07. The monoisotopic (exact) mass is 303 g/mol. The zero-order chi connectivity index (χ0) is 15.9. The van der Waals surface area contributed by atoms with Gasteiger partial charge in [0.15, 0.2) is 0 Å². The fourth-order valence-corrected chi connectivity index (χ4v) is 2.18. The van der Waals surface area contributed by atoms with E-state index in [0.29, 0.717) is 13.0 Å². The topological polar surface area (TPSA) is 90.4 Å². The summed E-state index contributed by atoms with van der Waals surface area (Å²) in [5, 5.41) is 13.1. The van der Waals surface area contributed by atoms with Gasteiger partial charge in [0, 0.05) is 32.0 Å². The van der Waals surface area contributed by atoms with Gasteiger partial charge in [0.1, 0.15) is 6.04 Å². The zero-order valence-corrected chi connectivity index (χ0v) is 12.6. The van der Waals surface area contributed by atoms with Gasteiger partial charge in [-0.05, 0) is 24.0 Å². The Kier molecular flexibility index (Phi) is 5.68. The molecule has 0 fully saturated rings. The molecular formula is C16H21N3O3. The molecule has 0 radical (unpaired) electrons. The molecule has 0 aliphatic rings. The number of carboxylic acids is 1. The number of rotatable bonds is 8. The number of ether oxygens (including phenoxy) is 1. The van der Waals surface area contributed by atoms with E-state index in [1.165, 1.54) is 0 Å². The first-order valence-corrected chi connectivity index (χ1v) is 7.19. The Morgan fingerprint density at radius 1 is 1.36 bits per heavy atom. The highest BCUT2D eigenvalue weighted by molar-refractivity contribution is 5.73. The first-order valence-electron chi connectivity index (χ1n) is 7.19. The van der Waals surface area contributed by atoms with Crippen LogP contribution in [0, 0.1) is 0 Å². The van der Waals surface area contributed by atoms with Gasteiger partial charge in [-0.15, -0.1) is 0 Å². The van der Waals surface area contributed by atoms with Crippen LogP contribution in [0.5, 0.6) is 0 Å². The molecule has 2 rings (SSSR count). The van der Waals surface area contributed by atoms with Gasteiger partial charge in [0.05, 0.1) is 6.20 Å². The van der Waals surface area contributed by atoms with Crippen LogP contribution < -0.4 is 5.73 Å². The van der Waals surface area contributed by atoms with E-state index < -0.39 is 12.0 Å². The molecule has 0 saturated carbocycles. The third kappa shape index (κ3) is 4.41. The van der Waals surface area contributed by atoms with Crippen molar-refractivity contribution in [3.05, 3.63) is 42.2 Å². The number of carboxylic acid groups (broad SMARTS) is 1. The Balaban J connectivity index is 1.99.